The molecule has 0 fully saturated rings. The van der Waals surface area contributed by atoms with Crippen molar-refractivity contribution in [2.24, 2.45) is 5.73 Å². The lowest BCUT2D eigenvalue weighted by molar-refractivity contribution is -0.388. The second-order valence-corrected chi connectivity index (χ2v) is 6.25. The molecule has 0 saturated heterocycles. The van der Waals surface area contributed by atoms with Gasteiger partial charge < -0.3 is 5.73 Å². The summed E-state index contributed by atoms with van der Waals surface area (Å²) in [7, 11) is -4.13. The molecular formula is C12H18FN3O4S. The Morgan fingerprint density at radius 2 is 2.14 bits per heavy atom. The maximum atomic E-state index is 13.1. The van der Waals surface area contributed by atoms with Crippen LogP contribution in [-0.4, -0.2) is 25.9 Å². The van der Waals surface area contributed by atoms with Gasteiger partial charge in [-0.25, -0.2) is 17.5 Å². The van der Waals surface area contributed by atoms with Crippen molar-refractivity contribution in [1.29, 1.82) is 0 Å². The monoisotopic (exact) mass is 319 g/mol. The molecule has 1 atom stereocenters. The molecule has 0 aliphatic rings. The van der Waals surface area contributed by atoms with Gasteiger partial charge in [-0.3, -0.25) is 10.1 Å². The van der Waals surface area contributed by atoms with Gasteiger partial charge in [-0.1, -0.05) is 19.8 Å². The minimum absolute atomic E-state index is 0.0776. The Bertz CT molecular complexity index is 607. The molecular weight excluding hydrogens is 301 g/mol. The number of rotatable bonds is 8. The summed E-state index contributed by atoms with van der Waals surface area (Å²) in [6.45, 7) is 2.03. The van der Waals surface area contributed by atoms with Crippen LogP contribution in [0.1, 0.15) is 26.2 Å². The van der Waals surface area contributed by atoms with Gasteiger partial charge in [0, 0.05) is 12.6 Å². The Morgan fingerprint density at radius 1 is 1.48 bits per heavy atom. The molecule has 0 aromatic heterocycles. The average Bonchev–Trinajstić information content (AvgIpc) is 2.42. The number of nitrogens with one attached hydrogen (secondary N) is 1. The summed E-state index contributed by atoms with van der Waals surface area (Å²) in [5.74, 6) is -0.873. The van der Waals surface area contributed by atoms with Gasteiger partial charge in [0.1, 0.15) is 5.82 Å². The molecule has 0 saturated carbocycles. The number of halogens is 1. The second kappa shape index (κ2) is 7.43. The van der Waals surface area contributed by atoms with E-state index in [2.05, 4.69) is 4.72 Å². The highest BCUT2D eigenvalue weighted by Crippen LogP contribution is 2.24. The van der Waals surface area contributed by atoms with Crippen molar-refractivity contribution >= 4 is 15.7 Å². The quantitative estimate of drug-likeness (QED) is 0.557. The predicted octanol–water partition coefficient (Wildman–Crippen LogP) is 1.53. The van der Waals surface area contributed by atoms with Crippen LogP contribution >= 0.6 is 0 Å². The molecule has 1 unspecified atom stereocenters. The Hall–Kier alpha value is -1.58. The van der Waals surface area contributed by atoms with Crippen LogP contribution in [-0.2, 0) is 10.0 Å². The third-order valence-electron chi connectivity index (χ3n) is 2.92. The van der Waals surface area contributed by atoms with Gasteiger partial charge in [-0.05, 0) is 18.6 Å². The van der Waals surface area contributed by atoms with Crippen molar-refractivity contribution in [3.63, 3.8) is 0 Å². The highest BCUT2D eigenvalue weighted by molar-refractivity contribution is 7.89. The minimum atomic E-state index is -4.13. The number of nitro groups is 1. The zero-order valence-electron chi connectivity index (χ0n) is 11.6. The second-order valence-electron chi connectivity index (χ2n) is 4.57. The highest BCUT2D eigenvalue weighted by atomic mass is 32.2. The minimum Gasteiger partial charge on any atom is -0.329 e. The summed E-state index contributed by atoms with van der Waals surface area (Å²) in [6, 6.07) is 1.81. The molecule has 9 heteroatoms. The fourth-order valence-electron chi connectivity index (χ4n) is 1.82. The zero-order chi connectivity index (χ0) is 16.0. The summed E-state index contributed by atoms with van der Waals surface area (Å²) >= 11 is 0. The van der Waals surface area contributed by atoms with Gasteiger partial charge >= 0.3 is 0 Å². The fraction of sp³-hybridized carbons (Fsp3) is 0.500. The van der Waals surface area contributed by atoms with Crippen LogP contribution in [0.3, 0.4) is 0 Å². The molecule has 118 valence electrons. The Morgan fingerprint density at radius 3 is 2.67 bits per heavy atom. The van der Waals surface area contributed by atoms with E-state index in [4.69, 9.17) is 5.73 Å². The molecule has 0 amide bonds. The first-order valence-electron chi connectivity index (χ1n) is 6.48. The van der Waals surface area contributed by atoms with E-state index in [1.165, 1.54) is 0 Å². The molecule has 0 aliphatic heterocycles. The lowest BCUT2D eigenvalue weighted by Crippen LogP contribution is -2.40. The third-order valence-corrected chi connectivity index (χ3v) is 4.49. The van der Waals surface area contributed by atoms with Crippen molar-refractivity contribution in [1.82, 2.24) is 4.72 Å². The zero-order valence-corrected chi connectivity index (χ0v) is 12.4. The number of nitrogens with zero attached hydrogens (tertiary/aromatic N) is 1. The lowest BCUT2D eigenvalue weighted by atomic mass is 10.1. The Labute approximate surface area is 122 Å². The highest BCUT2D eigenvalue weighted by Gasteiger charge is 2.28. The maximum absolute atomic E-state index is 13.1. The number of sulfonamides is 1. The molecule has 0 heterocycles. The van der Waals surface area contributed by atoms with E-state index in [1.54, 1.807) is 0 Å². The number of hydrogen-bond acceptors (Lipinski definition) is 5. The molecule has 0 spiro atoms. The summed E-state index contributed by atoms with van der Waals surface area (Å²) in [5, 5.41) is 10.9. The molecule has 0 aliphatic carbocycles. The largest absolute Gasteiger partial charge is 0.329 e. The Kier molecular flexibility index (Phi) is 6.19. The average molecular weight is 319 g/mol. The van der Waals surface area contributed by atoms with Crippen LogP contribution < -0.4 is 10.5 Å². The van der Waals surface area contributed by atoms with E-state index in [0.29, 0.717) is 12.5 Å². The Balaban J connectivity index is 3.10. The standard InChI is InChI=1S/C12H18FN3O4S/c1-2-3-4-10(8-14)15-21(19,20)12-6-5-9(13)7-11(12)16(17)18/h5-7,10,15H,2-4,8,14H2,1H3. The molecule has 1 rings (SSSR count). The smallest absolute Gasteiger partial charge is 0.292 e. The van der Waals surface area contributed by atoms with Gasteiger partial charge in [0.15, 0.2) is 4.90 Å². The van der Waals surface area contributed by atoms with Crippen molar-refractivity contribution in [3.05, 3.63) is 34.1 Å². The van der Waals surface area contributed by atoms with Gasteiger partial charge in [-0.2, -0.15) is 0 Å². The summed E-state index contributed by atoms with van der Waals surface area (Å²) in [5.41, 5.74) is 4.70. The summed E-state index contributed by atoms with van der Waals surface area (Å²) in [4.78, 5) is 9.37. The maximum Gasteiger partial charge on any atom is 0.292 e. The van der Waals surface area contributed by atoms with Crippen molar-refractivity contribution in [3.8, 4) is 0 Å². The molecule has 0 radical (unpaired) electrons. The molecule has 7 nitrogen and oxygen atoms in total. The van der Waals surface area contributed by atoms with E-state index in [0.717, 1.165) is 25.0 Å². The van der Waals surface area contributed by atoms with Gasteiger partial charge in [0.05, 0.1) is 11.0 Å². The van der Waals surface area contributed by atoms with Crippen LogP contribution in [0.4, 0.5) is 10.1 Å². The fourth-order valence-corrected chi connectivity index (χ4v) is 3.25. The summed E-state index contributed by atoms with van der Waals surface area (Å²) < 4.78 is 39.8. The van der Waals surface area contributed by atoms with Gasteiger partial charge in [0.25, 0.3) is 5.69 Å². The predicted molar refractivity (Wildman–Crippen MR) is 75.7 cm³/mol. The SMILES string of the molecule is CCCCC(CN)NS(=O)(=O)c1ccc(F)cc1[N+](=O)[O-]. The summed E-state index contributed by atoms with van der Waals surface area (Å²) in [6.07, 6.45) is 2.17. The molecule has 1 aromatic rings. The molecule has 0 bridgehead atoms. The van der Waals surface area contributed by atoms with E-state index in [1.807, 2.05) is 6.92 Å². The third kappa shape index (κ3) is 4.73. The number of nitrogens with two attached hydrogens (primary N) is 1. The molecule has 21 heavy (non-hydrogen) atoms. The van der Waals surface area contributed by atoms with Crippen LogP contribution in [0.5, 0.6) is 0 Å². The van der Waals surface area contributed by atoms with E-state index >= 15 is 0 Å². The van der Waals surface area contributed by atoms with Crippen LogP contribution in [0, 0.1) is 15.9 Å². The normalized spacial score (nSPS) is 13.1. The molecule has 1 aromatic carbocycles. The first kappa shape index (κ1) is 17.5. The van der Waals surface area contributed by atoms with E-state index < -0.39 is 37.4 Å². The number of hydrogen-bond donors (Lipinski definition) is 2. The first-order chi connectivity index (χ1) is 9.81. The van der Waals surface area contributed by atoms with E-state index in [-0.39, 0.29) is 6.54 Å². The van der Waals surface area contributed by atoms with Crippen LogP contribution in [0.25, 0.3) is 0 Å². The van der Waals surface area contributed by atoms with Crippen LogP contribution in [0.2, 0.25) is 0 Å². The molecule has 3 N–H and O–H groups in total. The van der Waals surface area contributed by atoms with Crippen LogP contribution in [0.15, 0.2) is 23.1 Å². The van der Waals surface area contributed by atoms with E-state index in [9.17, 15) is 22.9 Å². The lowest BCUT2D eigenvalue weighted by Gasteiger charge is -2.16. The number of nitro benzene ring substituents is 1. The van der Waals surface area contributed by atoms with Crippen molar-refractivity contribution in [2.45, 2.75) is 37.1 Å². The van der Waals surface area contributed by atoms with Gasteiger partial charge in [-0.15, -0.1) is 0 Å². The van der Waals surface area contributed by atoms with Crippen molar-refractivity contribution in [2.75, 3.05) is 6.54 Å². The number of unbranched alkanes of at least 4 members (excludes halogenated alkanes) is 1. The first-order valence-corrected chi connectivity index (χ1v) is 7.96. The number of benzene rings is 1. The topological polar surface area (TPSA) is 115 Å². The van der Waals surface area contributed by atoms with Gasteiger partial charge in [0.2, 0.25) is 10.0 Å². The van der Waals surface area contributed by atoms with Crippen molar-refractivity contribution < 1.29 is 17.7 Å².